The molecule has 0 unspecified atom stereocenters. The van der Waals surface area contributed by atoms with Gasteiger partial charge in [-0.2, -0.15) is 0 Å². The van der Waals surface area contributed by atoms with Crippen molar-refractivity contribution in [2.75, 3.05) is 6.54 Å². The summed E-state index contributed by atoms with van der Waals surface area (Å²) in [6, 6.07) is 19.1. The maximum Gasteiger partial charge on any atom is 0.293 e. The molecule has 1 aromatic heterocycles. The van der Waals surface area contributed by atoms with Crippen molar-refractivity contribution >= 4 is 34.7 Å². The first-order valence-corrected chi connectivity index (χ1v) is 9.97. The first kappa shape index (κ1) is 19.7. The molecule has 0 N–H and O–H groups in total. The van der Waals surface area contributed by atoms with E-state index in [0.29, 0.717) is 35.0 Å². The molecule has 0 saturated carbocycles. The standard InChI is InChI=1S/C22H16N2O5S/c25-21-20(30-22(26)23(21)13-12-15-4-2-1-3-5-15)14-18-10-11-19(29-18)16-6-8-17(9-7-16)24(27)28/h1-11,14H,12-13H2/b20-14-. The highest BCUT2D eigenvalue weighted by Gasteiger charge is 2.34. The second-order valence-corrected chi connectivity index (χ2v) is 7.57. The Hall–Kier alpha value is -3.65. The summed E-state index contributed by atoms with van der Waals surface area (Å²) in [5, 5.41) is 10.5. The quantitative estimate of drug-likeness (QED) is 0.312. The van der Waals surface area contributed by atoms with E-state index >= 15 is 0 Å². The number of imide groups is 1. The zero-order valence-corrected chi connectivity index (χ0v) is 16.5. The summed E-state index contributed by atoms with van der Waals surface area (Å²) in [7, 11) is 0. The summed E-state index contributed by atoms with van der Waals surface area (Å²) in [6.45, 7) is 0.318. The molecule has 8 heteroatoms. The fourth-order valence-corrected chi connectivity index (χ4v) is 3.89. The van der Waals surface area contributed by atoms with E-state index in [4.69, 9.17) is 4.42 Å². The number of nitro groups is 1. The van der Waals surface area contributed by atoms with Gasteiger partial charge >= 0.3 is 0 Å². The Kier molecular flexibility index (Phi) is 5.49. The van der Waals surface area contributed by atoms with Crippen molar-refractivity contribution in [3.8, 4) is 11.3 Å². The molecule has 0 bridgehead atoms. The molecule has 2 heterocycles. The van der Waals surface area contributed by atoms with Crippen LogP contribution in [0.5, 0.6) is 0 Å². The Labute approximate surface area is 176 Å². The maximum absolute atomic E-state index is 12.6. The van der Waals surface area contributed by atoms with E-state index in [1.165, 1.54) is 17.0 Å². The van der Waals surface area contributed by atoms with E-state index in [0.717, 1.165) is 17.3 Å². The van der Waals surface area contributed by atoms with E-state index in [1.54, 1.807) is 30.3 Å². The molecule has 0 radical (unpaired) electrons. The highest BCUT2D eigenvalue weighted by molar-refractivity contribution is 8.18. The Morgan fingerprint density at radius 2 is 1.73 bits per heavy atom. The van der Waals surface area contributed by atoms with Gasteiger partial charge in [0.05, 0.1) is 9.83 Å². The lowest BCUT2D eigenvalue weighted by atomic mass is 10.1. The van der Waals surface area contributed by atoms with Crippen LogP contribution < -0.4 is 0 Å². The average molecular weight is 420 g/mol. The van der Waals surface area contributed by atoms with Gasteiger partial charge in [0, 0.05) is 30.3 Å². The maximum atomic E-state index is 12.6. The molecule has 2 aromatic carbocycles. The molecule has 1 aliphatic heterocycles. The van der Waals surface area contributed by atoms with Crippen molar-refractivity contribution in [1.29, 1.82) is 0 Å². The molecular weight excluding hydrogens is 404 g/mol. The SMILES string of the molecule is O=C1S/C(=C\c2ccc(-c3ccc([N+](=O)[O-])cc3)o2)C(=O)N1CCc1ccccc1. The van der Waals surface area contributed by atoms with E-state index < -0.39 is 4.92 Å². The molecule has 1 saturated heterocycles. The van der Waals surface area contributed by atoms with Crippen molar-refractivity contribution < 1.29 is 18.9 Å². The summed E-state index contributed by atoms with van der Waals surface area (Å²) in [5.41, 5.74) is 1.73. The van der Waals surface area contributed by atoms with Gasteiger partial charge in [0.15, 0.2) is 0 Å². The van der Waals surface area contributed by atoms with Crippen LogP contribution in [0.1, 0.15) is 11.3 Å². The lowest BCUT2D eigenvalue weighted by Gasteiger charge is -2.11. The highest BCUT2D eigenvalue weighted by Crippen LogP contribution is 2.33. The van der Waals surface area contributed by atoms with Gasteiger partial charge in [-0.3, -0.25) is 24.6 Å². The van der Waals surface area contributed by atoms with Crippen molar-refractivity contribution in [3.05, 3.63) is 93.1 Å². The fraction of sp³-hybridized carbons (Fsp3) is 0.0909. The fourth-order valence-electron chi connectivity index (χ4n) is 3.04. The van der Waals surface area contributed by atoms with Gasteiger partial charge in [-0.25, -0.2) is 0 Å². The summed E-state index contributed by atoms with van der Waals surface area (Å²) >= 11 is 0.886. The van der Waals surface area contributed by atoms with Crippen molar-refractivity contribution in [1.82, 2.24) is 4.90 Å². The largest absolute Gasteiger partial charge is 0.457 e. The number of amides is 2. The number of hydrogen-bond donors (Lipinski definition) is 0. The molecule has 150 valence electrons. The first-order chi connectivity index (χ1) is 14.5. The van der Waals surface area contributed by atoms with E-state index in [-0.39, 0.29) is 16.8 Å². The molecule has 0 atom stereocenters. The van der Waals surface area contributed by atoms with Crippen LogP contribution in [0, 0.1) is 10.1 Å². The molecule has 30 heavy (non-hydrogen) atoms. The summed E-state index contributed by atoms with van der Waals surface area (Å²) in [4.78, 5) is 36.7. The van der Waals surface area contributed by atoms with Crippen molar-refractivity contribution in [3.63, 3.8) is 0 Å². The number of nitrogens with zero attached hydrogens (tertiary/aromatic N) is 2. The number of carbonyl (C=O) groups excluding carboxylic acids is 2. The average Bonchev–Trinajstić information content (AvgIpc) is 3.32. The van der Waals surface area contributed by atoms with Gasteiger partial charge in [0.25, 0.3) is 16.8 Å². The van der Waals surface area contributed by atoms with Gasteiger partial charge in [-0.1, -0.05) is 30.3 Å². The summed E-state index contributed by atoms with van der Waals surface area (Å²) in [6.07, 6.45) is 2.14. The summed E-state index contributed by atoms with van der Waals surface area (Å²) < 4.78 is 5.74. The predicted octanol–water partition coefficient (Wildman–Crippen LogP) is 5.13. The van der Waals surface area contributed by atoms with Gasteiger partial charge in [-0.15, -0.1) is 0 Å². The molecule has 7 nitrogen and oxygen atoms in total. The Bertz CT molecular complexity index is 1140. The molecule has 0 aliphatic carbocycles. The van der Waals surface area contributed by atoms with Crippen LogP contribution in [-0.2, 0) is 11.2 Å². The molecule has 1 fully saturated rings. The van der Waals surface area contributed by atoms with Crippen LogP contribution >= 0.6 is 11.8 Å². The molecule has 4 rings (SSSR count). The number of thioether (sulfide) groups is 1. The minimum Gasteiger partial charge on any atom is -0.457 e. The lowest BCUT2D eigenvalue weighted by Crippen LogP contribution is -2.30. The number of furan rings is 1. The monoisotopic (exact) mass is 420 g/mol. The van der Waals surface area contributed by atoms with E-state index in [1.807, 2.05) is 30.3 Å². The van der Waals surface area contributed by atoms with Crippen LogP contribution in [0.15, 0.2) is 76.1 Å². The number of nitro benzene ring substituents is 1. The normalized spacial score (nSPS) is 15.2. The molecule has 2 amide bonds. The number of benzene rings is 2. The van der Waals surface area contributed by atoms with Gasteiger partial charge in [0.2, 0.25) is 0 Å². The second-order valence-electron chi connectivity index (χ2n) is 6.57. The van der Waals surface area contributed by atoms with Gasteiger partial charge < -0.3 is 4.42 Å². The smallest absolute Gasteiger partial charge is 0.293 e. The Balaban J connectivity index is 1.46. The van der Waals surface area contributed by atoms with Crippen LogP contribution in [-0.4, -0.2) is 27.5 Å². The predicted molar refractivity (Wildman–Crippen MR) is 114 cm³/mol. The molecular formula is C22H16N2O5S. The van der Waals surface area contributed by atoms with Crippen molar-refractivity contribution in [2.24, 2.45) is 0 Å². The van der Waals surface area contributed by atoms with E-state index in [9.17, 15) is 19.7 Å². The highest BCUT2D eigenvalue weighted by atomic mass is 32.2. The Morgan fingerprint density at radius 1 is 1.00 bits per heavy atom. The molecule has 1 aliphatic rings. The third kappa shape index (κ3) is 4.18. The number of hydrogen-bond acceptors (Lipinski definition) is 6. The van der Waals surface area contributed by atoms with Gasteiger partial charge in [-0.05, 0) is 48.0 Å². The minimum absolute atomic E-state index is 0.00490. The van der Waals surface area contributed by atoms with Gasteiger partial charge in [0.1, 0.15) is 11.5 Å². The van der Waals surface area contributed by atoms with Crippen LogP contribution in [0.25, 0.3) is 17.4 Å². The zero-order chi connectivity index (χ0) is 21.1. The number of carbonyl (C=O) groups is 2. The topological polar surface area (TPSA) is 93.7 Å². The van der Waals surface area contributed by atoms with Crippen LogP contribution in [0.3, 0.4) is 0 Å². The number of rotatable bonds is 6. The Morgan fingerprint density at radius 3 is 2.43 bits per heavy atom. The van der Waals surface area contributed by atoms with Crippen LogP contribution in [0.4, 0.5) is 10.5 Å². The number of non-ortho nitro benzene ring substituents is 1. The third-order valence-corrected chi connectivity index (χ3v) is 5.51. The molecule has 3 aromatic rings. The molecule has 0 spiro atoms. The van der Waals surface area contributed by atoms with Crippen LogP contribution in [0.2, 0.25) is 0 Å². The third-order valence-electron chi connectivity index (χ3n) is 4.60. The second kappa shape index (κ2) is 8.38. The first-order valence-electron chi connectivity index (χ1n) is 9.15. The van der Waals surface area contributed by atoms with Crippen molar-refractivity contribution in [2.45, 2.75) is 6.42 Å². The van der Waals surface area contributed by atoms with E-state index in [2.05, 4.69) is 0 Å². The zero-order valence-electron chi connectivity index (χ0n) is 15.7. The lowest BCUT2D eigenvalue weighted by molar-refractivity contribution is -0.384. The minimum atomic E-state index is -0.467. The summed E-state index contributed by atoms with van der Waals surface area (Å²) in [5.74, 6) is 0.602.